The van der Waals surface area contributed by atoms with Crippen LogP contribution in [0, 0.1) is 5.92 Å². The lowest BCUT2D eigenvalue weighted by Gasteiger charge is -2.22. The Morgan fingerprint density at radius 1 is 1.20 bits per heavy atom. The largest absolute Gasteiger partial charge is 0.356 e. The summed E-state index contributed by atoms with van der Waals surface area (Å²) in [6.07, 6.45) is 4.26. The smallest absolute Gasteiger partial charge is 0.132 e. The molecule has 0 spiro atoms. The fourth-order valence-electron chi connectivity index (χ4n) is 3.12. The van der Waals surface area contributed by atoms with Crippen LogP contribution in [-0.4, -0.2) is 18.1 Å². The van der Waals surface area contributed by atoms with E-state index in [4.69, 9.17) is 0 Å². The van der Waals surface area contributed by atoms with Crippen LogP contribution in [0.25, 0.3) is 11.1 Å². The number of hydrogen-bond donors (Lipinski definition) is 0. The molecule has 1 aliphatic heterocycles. The van der Waals surface area contributed by atoms with Crippen LogP contribution in [0.3, 0.4) is 0 Å². The van der Waals surface area contributed by atoms with Crippen LogP contribution in [0.4, 0.5) is 5.82 Å². The molecule has 0 bridgehead atoms. The van der Waals surface area contributed by atoms with E-state index < -0.39 is 0 Å². The third kappa shape index (κ3) is 2.43. The Bertz CT molecular complexity index is 577. The third-order valence-electron chi connectivity index (χ3n) is 4.19. The van der Waals surface area contributed by atoms with E-state index in [2.05, 4.69) is 60.1 Å². The van der Waals surface area contributed by atoms with Gasteiger partial charge in [-0.2, -0.15) is 0 Å². The van der Waals surface area contributed by atoms with Crippen molar-refractivity contribution in [3.8, 4) is 11.1 Å². The Morgan fingerprint density at radius 3 is 2.65 bits per heavy atom. The molecule has 1 atom stereocenters. The van der Waals surface area contributed by atoms with Gasteiger partial charge in [0.05, 0.1) is 0 Å². The van der Waals surface area contributed by atoms with Crippen LogP contribution in [-0.2, 0) is 6.42 Å². The number of hydrogen-bond acceptors (Lipinski definition) is 2. The lowest BCUT2D eigenvalue weighted by atomic mass is 9.99. The number of nitrogens with zero attached hydrogens (tertiary/aromatic N) is 2. The van der Waals surface area contributed by atoms with Crippen LogP contribution in [0.2, 0.25) is 0 Å². The second kappa shape index (κ2) is 5.66. The molecular weight excluding hydrogens is 244 g/mol. The van der Waals surface area contributed by atoms with Crippen LogP contribution < -0.4 is 4.90 Å². The second-order valence-corrected chi connectivity index (χ2v) is 5.72. The van der Waals surface area contributed by atoms with E-state index in [1.807, 2.05) is 6.20 Å². The number of rotatable bonds is 3. The van der Waals surface area contributed by atoms with Gasteiger partial charge in [-0.3, -0.25) is 0 Å². The van der Waals surface area contributed by atoms with E-state index in [1.54, 1.807) is 0 Å². The van der Waals surface area contributed by atoms with Gasteiger partial charge < -0.3 is 4.90 Å². The lowest BCUT2D eigenvalue weighted by Crippen LogP contribution is -2.22. The molecule has 0 aliphatic carbocycles. The zero-order valence-electron chi connectivity index (χ0n) is 12.3. The molecule has 104 valence electrons. The molecule has 0 radical (unpaired) electrons. The van der Waals surface area contributed by atoms with Crippen molar-refractivity contribution in [2.45, 2.75) is 26.7 Å². The summed E-state index contributed by atoms with van der Waals surface area (Å²) in [4.78, 5) is 7.13. The van der Waals surface area contributed by atoms with Crippen LogP contribution in [0.15, 0.2) is 42.6 Å². The van der Waals surface area contributed by atoms with Crippen molar-refractivity contribution in [1.82, 2.24) is 4.98 Å². The molecule has 1 saturated heterocycles. The van der Waals surface area contributed by atoms with E-state index >= 15 is 0 Å². The molecule has 0 unspecified atom stereocenters. The van der Waals surface area contributed by atoms with Gasteiger partial charge in [-0.05, 0) is 36.0 Å². The zero-order valence-corrected chi connectivity index (χ0v) is 12.3. The summed E-state index contributed by atoms with van der Waals surface area (Å²) >= 11 is 0. The molecule has 1 aromatic heterocycles. The molecule has 1 aliphatic rings. The third-order valence-corrected chi connectivity index (χ3v) is 4.19. The van der Waals surface area contributed by atoms with Crippen LogP contribution in [0.1, 0.15) is 25.8 Å². The van der Waals surface area contributed by atoms with Crippen molar-refractivity contribution in [3.63, 3.8) is 0 Å². The number of pyridine rings is 1. The van der Waals surface area contributed by atoms with Gasteiger partial charge in [0, 0.05) is 24.8 Å². The van der Waals surface area contributed by atoms with Crippen LogP contribution in [0.5, 0.6) is 0 Å². The first-order valence-electron chi connectivity index (χ1n) is 7.58. The summed E-state index contributed by atoms with van der Waals surface area (Å²) in [7, 11) is 0. The monoisotopic (exact) mass is 266 g/mol. The summed E-state index contributed by atoms with van der Waals surface area (Å²) in [5, 5.41) is 0. The van der Waals surface area contributed by atoms with Gasteiger partial charge in [-0.25, -0.2) is 4.98 Å². The fourth-order valence-corrected chi connectivity index (χ4v) is 3.12. The van der Waals surface area contributed by atoms with Gasteiger partial charge in [0.1, 0.15) is 5.82 Å². The van der Waals surface area contributed by atoms with Crippen molar-refractivity contribution in [3.05, 3.63) is 48.2 Å². The molecule has 0 amide bonds. The summed E-state index contributed by atoms with van der Waals surface area (Å²) < 4.78 is 0. The maximum atomic E-state index is 4.68. The Kier molecular flexibility index (Phi) is 3.72. The molecule has 20 heavy (non-hydrogen) atoms. The average molecular weight is 266 g/mol. The molecule has 2 nitrogen and oxygen atoms in total. The highest BCUT2D eigenvalue weighted by atomic mass is 15.2. The first kappa shape index (κ1) is 13.2. The lowest BCUT2D eigenvalue weighted by molar-refractivity contribution is 0.658. The van der Waals surface area contributed by atoms with Gasteiger partial charge in [0.25, 0.3) is 0 Å². The minimum Gasteiger partial charge on any atom is -0.356 e. The topological polar surface area (TPSA) is 16.1 Å². The predicted molar refractivity (Wildman–Crippen MR) is 85.0 cm³/mol. The second-order valence-electron chi connectivity index (χ2n) is 5.72. The van der Waals surface area contributed by atoms with Crippen molar-refractivity contribution in [2.24, 2.45) is 5.92 Å². The minimum absolute atomic E-state index is 0.780. The van der Waals surface area contributed by atoms with Gasteiger partial charge >= 0.3 is 0 Å². The molecule has 0 saturated carbocycles. The van der Waals surface area contributed by atoms with Gasteiger partial charge in [-0.15, -0.1) is 0 Å². The molecule has 1 fully saturated rings. The van der Waals surface area contributed by atoms with Gasteiger partial charge in [0.15, 0.2) is 0 Å². The van der Waals surface area contributed by atoms with E-state index in [0.717, 1.165) is 25.4 Å². The standard InChI is InChI=1S/C18H22N2/c1-3-16-17(15-7-5-4-6-8-15)9-11-19-18(16)20-12-10-14(2)13-20/h4-9,11,14H,3,10,12-13H2,1-2H3/t14-/m0/s1. The highest BCUT2D eigenvalue weighted by Crippen LogP contribution is 2.32. The number of anilines is 1. The Labute approximate surface area is 121 Å². The van der Waals surface area contributed by atoms with Crippen molar-refractivity contribution < 1.29 is 0 Å². The van der Waals surface area contributed by atoms with E-state index in [0.29, 0.717) is 0 Å². The van der Waals surface area contributed by atoms with Crippen molar-refractivity contribution >= 4 is 5.82 Å². The molecule has 2 aromatic rings. The maximum absolute atomic E-state index is 4.68. The zero-order chi connectivity index (χ0) is 13.9. The van der Waals surface area contributed by atoms with E-state index in [-0.39, 0.29) is 0 Å². The molecular formula is C18H22N2. The van der Waals surface area contributed by atoms with Crippen molar-refractivity contribution in [2.75, 3.05) is 18.0 Å². The predicted octanol–water partition coefficient (Wildman–Crippen LogP) is 4.16. The van der Waals surface area contributed by atoms with Crippen molar-refractivity contribution in [1.29, 1.82) is 0 Å². The SMILES string of the molecule is CCc1c(-c2ccccc2)ccnc1N1CC[C@H](C)C1. The highest BCUT2D eigenvalue weighted by molar-refractivity contribution is 5.72. The van der Waals surface area contributed by atoms with E-state index in [1.165, 1.54) is 28.9 Å². The summed E-state index contributed by atoms with van der Waals surface area (Å²) in [6.45, 7) is 6.83. The first-order chi connectivity index (χ1) is 9.79. The molecule has 0 N–H and O–H groups in total. The van der Waals surface area contributed by atoms with Crippen LogP contribution >= 0.6 is 0 Å². The quantitative estimate of drug-likeness (QED) is 0.829. The molecule has 2 heteroatoms. The summed E-state index contributed by atoms with van der Waals surface area (Å²) in [5.74, 6) is 1.97. The van der Waals surface area contributed by atoms with Gasteiger partial charge in [0.2, 0.25) is 0 Å². The Hall–Kier alpha value is -1.83. The minimum atomic E-state index is 0.780. The Morgan fingerprint density at radius 2 is 2.00 bits per heavy atom. The summed E-state index contributed by atoms with van der Waals surface area (Å²) in [6, 6.07) is 12.8. The molecule has 1 aromatic carbocycles. The fraction of sp³-hybridized carbons (Fsp3) is 0.389. The first-order valence-corrected chi connectivity index (χ1v) is 7.58. The van der Waals surface area contributed by atoms with E-state index in [9.17, 15) is 0 Å². The number of benzene rings is 1. The van der Waals surface area contributed by atoms with Gasteiger partial charge in [-0.1, -0.05) is 44.2 Å². The molecule has 2 heterocycles. The highest BCUT2D eigenvalue weighted by Gasteiger charge is 2.22. The Balaban J connectivity index is 2.04. The molecule has 3 rings (SSSR count). The maximum Gasteiger partial charge on any atom is 0.132 e. The summed E-state index contributed by atoms with van der Waals surface area (Å²) in [5.41, 5.74) is 4.01. The normalized spacial score (nSPS) is 18.5. The number of aromatic nitrogens is 1. The average Bonchev–Trinajstić information content (AvgIpc) is 2.93.